The number of ether oxygens (including phenoxy) is 2. The van der Waals surface area contributed by atoms with Crippen LogP contribution in [0.4, 0.5) is 4.39 Å². The minimum absolute atomic E-state index is 0.00440. The Bertz CT molecular complexity index is 822. The van der Waals surface area contributed by atoms with E-state index in [9.17, 15) is 14.0 Å². The summed E-state index contributed by atoms with van der Waals surface area (Å²) in [5.41, 5.74) is 0.402. The molecule has 1 aliphatic heterocycles. The molecule has 178 valence electrons. The van der Waals surface area contributed by atoms with E-state index in [4.69, 9.17) is 21.1 Å². The summed E-state index contributed by atoms with van der Waals surface area (Å²) in [5, 5.41) is 2.62. The van der Waals surface area contributed by atoms with Crippen LogP contribution in [0.15, 0.2) is 12.3 Å². The van der Waals surface area contributed by atoms with E-state index in [1.165, 1.54) is 0 Å². The van der Waals surface area contributed by atoms with Gasteiger partial charge < -0.3 is 14.8 Å². The lowest BCUT2D eigenvalue weighted by molar-refractivity contribution is -0.131. The molecule has 1 aromatic rings. The van der Waals surface area contributed by atoms with Gasteiger partial charge in [-0.05, 0) is 31.6 Å². The maximum absolute atomic E-state index is 13.5. The molecule has 1 amide bonds. The zero-order valence-corrected chi connectivity index (χ0v) is 20.0. The van der Waals surface area contributed by atoms with Gasteiger partial charge in [-0.3, -0.25) is 14.6 Å². The van der Waals surface area contributed by atoms with E-state index in [1.807, 2.05) is 13.8 Å². The molecule has 2 aliphatic rings. The summed E-state index contributed by atoms with van der Waals surface area (Å²) in [4.78, 5) is 30.5. The highest BCUT2D eigenvalue weighted by Crippen LogP contribution is 2.45. The van der Waals surface area contributed by atoms with E-state index in [0.717, 1.165) is 18.4 Å². The van der Waals surface area contributed by atoms with Gasteiger partial charge in [0.1, 0.15) is 17.6 Å². The molecular formula is C24H34ClFN2O4. The summed E-state index contributed by atoms with van der Waals surface area (Å²) in [5.74, 6) is 0.398. The minimum Gasteiger partial charge on any atom is -0.492 e. The van der Waals surface area contributed by atoms with E-state index in [2.05, 4.69) is 17.2 Å². The van der Waals surface area contributed by atoms with Gasteiger partial charge in [-0.1, -0.05) is 20.8 Å². The molecule has 32 heavy (non-hydrogen) atoms. The molecule has 0 aromatic carbocycles. The standard InChI is InChI=1S/C24H34ClFN2O4/c1-4-24(5-2,22(30)28-11-17(26)10-25)9-20(29)19-8-21(18(12-27-19)16-6-7-16)32-15-23(3)13-31-14-23/h8,12,16-17H,4-7,9-11,13-15H2,1-3H3,(H,28,30). The van der Waals surface area contributed by atoms with Gasteiger partial charge in [0.15, 0.2) is 5.78 Å². The molecule has 2 heterocycles. The molecule has 1 aromatic heterocycles. The molecule has 1 unspecified atom stereocenters. The summed E-state index contributed by atoms with van der Waals surface area (Å²) in [6, 6.07) is 1.72. The van der Waals surface area contributed by atoms with Crippen LogP contribution in [0.3, 0.4) is 0 Å². The number of carbonyl (C=O) groups excluding carboxylic acids is 2. The average Bonchev–Trinajstić information content (AvgIpc) is 3.63. The first-order chi connectivity index (χ1) is 15.3. The highest BCUT2D eigenvalue weighted by Gasteiger charge is 2.39. The highest BCUT2D eigenvalue weighted by molar-refractivity contribution is 6.18. The van der Waals surface area contributed by atoms with Crippen LogP contribution in [0.2, 0.25) is 0 Å². The first kappa shape index (κ1) is 24.9. The summed E-state index contributed by atoms with van der Waals surface area (Å²) in [6.45, 7) is 7.53. The van der Waals surface area contributed by atoms with Crippen LogP contribution in [0.5, 0.6) is 5.75 Å². The van der Waals surface area contributed by atoms with Crippen LogP contribution in [-0.2, 0) is 9.53 Å². The summed E-state index contributed by atoms with van der Waals surface area (Å²) >= 11 is 5.50. The van der Waals surface area contributed by atoms with E-state index in [0.29, 0.717) is 50.0 Å². The van der Waals surface area contributed by atoms with Gasteiger partial charge in [0, 0.05) is 36.2 Å². The Hall–Kier alpha value is -1.73. The molecule has 1 saturated carbocycles. The minimum atomic E-state index is -1.32. The molecule has 8 heteroatoms. The third-order valence-electron chi connectivity index (χ3n) is 6.66. The van der Waals surface area contributed by atoms with Crippen LogP contribution in [0.25, 0.3) is 0 Å². The number of rotatable bonds is 13. The monoisotopic (exact) mass is 468 g/mol. The second-order valence-electron chi connectivity index (χ2n) is 9.52. The number of aromatic nitrogens is 1. The van der Waals surface area contributed by atoms with E-state index >= 15 is 0 Å². The zero-order chi connectivity index (χ0) is 23.4. The number of halogens is 2. The number of ketones is 1. The largest absolute Gasteiger partial charge is 0.492 e. The number of nitrogens with zero attached hydrogens (tertiary/aromatic N) is 1. The Morgan fingerprint density at radius 3 is 2.59 bits per heavy atom. The fraction of sp³-hybridized carbons (Fsp3) is 0.708. The van der Waals surface area contributed by atoms with Crippen LogP contribution in [0, 0.1) is 10.8 Å². The first-order valence-electron chi connectivity index (χ1n) is 11.5. The van der Waals surface area contributed by atoms with Gasteiger partial charge in [0.05, 0.1) is 31.1 Å². The molecule has 1 atom stereocenters. The van der Waals surface area contributed by atoms with Gasteiger partial charge in [-0.25, -0.2) is 4.39 Å². The smallest absolute Gasteiger partial charge is 0.226 e. The lowest BCUT2D eigenvalue weighted by Gasteiger charge is -2.37. The number of pyridine rings is 1. The van der Waals surface area contributed by atoms with Crippen LogP contribution in [0.1, 0.15) is 74.8 Å². The SMILES string of the molecule is CCC(CC)(CC(=O)c1cc(OCC2(C)COC2)c(C2CC2)cn1)C(=O)NCC(F)CCl. The molecule has 0 spiro atoms. The Kier molecular flexibility index (Phi) is 8.15. The molecule has 1 aliphatic carbocycles. The predicted molar refractivity (Wildman–Crippen MR) is 121 cm³/mol. The van der Waals surface area contributed by atoms with Crippen molar-refractivity contribution in [1.29, 1.82) is 0 Å². The van der Waals surface area contributed by atoms with Crippen molar-refractivity contribution in [2.75, 3.05) is 32.2 Å². The Balaban J connectivity index is 1.74. The van der Waals surface area contributed by atoms with Crippen molar-refractivity contribution < 1.29 is 23.5 Å². The topological polar surface area (TPSA) is 77.5 Å². The lowest BCUT2D eigenvalue weighted by Crippen LogP contribution is -2.44. The van der Waals surface area contributed by atoms with Crippen molar-refractivity contribution in [3.63, 3.8) is 0 Å². The Labute approximate surface area is 194 Å². The number of amides is 1. The normalized spacial score (nSPS) is 18.5. The number of hydrogen-bond acceptors (Lipinski definition) is 5. The van der Waals surface area contributed by atoms with E-state index in [1.54, 1.807) is 12.3 Å². The first-order valence-corrected chi connectivity index (χ1v) is 12.0. The molecule has 1 N–H and O–H groups in total. The van der Waals surface area contributed by atoms with Crippen molar-refractivity contribution in [1.82, 2.24) is 10.3 Å². The van der Waals surface area contributed by atoms with Crippen LogP contribution < -0.4 is 10.1 Å². The fourth-order valence-electron chi connectivity index (χ4n) is 3.96. The van der Waals surface area contributed by atoms with Gasteiger partial charge in [-0.15, -0.1) is 11.6 Å². The Morgan fingerprint density at radius 1 is 1.38 bits per heavy atom. The molecule has 0 radical (unpaired) electrons. The van der Waals surface area contributed by atoms with Gasteiger partial charge in [0.2, 0.25) is 5.91 Å². The van der Waals surface area contributed by atoms with Crippen molar-refractivity contribution in [2.45, 2.75) is 65.0 Å². The molecule has 2 fully saturated rings. The number of Topliss-reactive ketones (excluding diaryl/α,β-unsaturated/α-hetero) is 1. The maximum atomic E-state index is 13.5. The third-order valence-corrected chi connectivity index (χ3v) is 7.00. The maximum Gasteiger partial charge on any atom is 0.226 e. The molecule has 6 nitrogen and oxygen atoms in total. The second-order valence-corrected chi connectivity index (χ2v) is 9.83. The van der Waals surface area contributed by atoms with E-state index in [-0.39, 0.29) is 36.0 Å². The lowest BCUT2D eigenvalue weighted by atomic mass is 9.76. The summed E-state index contributed by atoms with van der Waals surface area (Å²) < 4.78 is 25.0. The summed E-state index contributed by atoms with van der Waals surface area (Å²) in [6.07, 6.45) is 3.54. The van der Waals surface area contributed by atoms with Gasteiger partial charge in [0.25, 0.3) is 0 Å². The third kappa shape index (κ3) is 5.79. The second kappa shape index (κ2) is 10.5. The number of hydrogen-bond donors (Lipinski definition) is 1. The van der Waals surface area contributed by atoms with Crippen molar-refractivity contribution in [3.8, 4) is 5.75 Å². The van der Waals surface area contributed by atoms with Crippen molar-refractivity contribution >= 4 is 23.3 Å². The molecule has 1 saturated heterocycles. The van der Waals surface area contributed by atoms with Gasteiger partial charge >= 0.3 is 0 Å². The molecule has 3 rings (SSSR count). The number of alkyl halides is 2. The van der Waals surface area contributed by atoms with Crippen molar-refractivity contribution in [2.24, 2.45) is 10.8 Å². The number of nitrogens with one attached hydrogen (secondary N) is 1. The predicted octanol–water partition coefficient (Wildman–Crippen LogP) is 4.45. The summed E-state index contributed by atoms with van der Waals surface area (Å²) in [7, 11) is 0. The van der Waals surface area contributed by atoms with Gasteiger partial charge in [-0.2, -0.15) is 0 Å². The number of carbonyl (C=O) groups is 2. The van der Waals surface area contributed by atoms with Crippen LogP contribution >= 0.6 is 11.6 Å². The fourth-order valence-corrected chi connectivity index (χ4v) is 4.07. The van der Waals surface area contributed by atoms with E-state index < -0.39 is 11.6 Å². The Morgan fingerprint density at radius 2 is 2.06 bits per heavy atom. The molecule has 0 bridgehead atoms. The molecular weight excluding hydrogens is 435 g/mol. The van der Waals surface area contributed by atoms with Crippen LogP contribution in [-0.4, -0.2) is 55.1 Å². The average molecular weight is 469 g/mol. The van der Waals surface area contributed by atoms with Crippen molar-refractivity contribution in [3.05, 3.63) is 23.5 Å². The zero-order valence-electron chi connectivity index (χ0n) is 19.2. The highest BCUT2D eigenvalue weighted by atomic mass is 35.5. The quantitative estimate of drug-likeness (QED) is 0.342.